The molecule has 0 heterocycles. The number of hydrogen-bond donors (Lipinski definition) is 2. The SMILES string of the molecule is COc1ccc(CN)cc1OCC(=O)NCCC(C)C. The van der Waals surface area contributed by atoms with Gasteiger partial charge in [-0.25, -0.2) is 0 Å². The van der Waals surface area contributed by atoms with Crippen LogP contribution in [0.25, 0.3) is 0 Å². The Morgan fingerprint density at radius 2 is 2.10 bits per heavy atom. The van der Waals surface area contributed by atoms with Gasteiger partial charge in [0.25, 0.3) is 5.91 Å². The number of nitrogens with two attached hydrogens (primary N) is 1. The fraction of sp³-hybridized carbons (Fsp3) is 0.533. The highest BCUT2D eigenvalue weighted by Crippen LogP contribution is 2.27. The van der Waals surface area contributed by atoms with Gasteiger partial charge in [-0.3, -0.25) is 4.79 Å². The summed E-state index contributed by atoms with van der Waals surface area (Å²) in [5.74, 6) is 1.56. The number of hydrogen-bond acceptors (Lipinski definition) is 4. The molecule has 0 aliphatic carbocycles. The smallest absolute Gasteiger partial charge is 0.257 e. The molecule has 0 spiro atoms. The van der Waals surface area contributed by atoms with Crippen molar-refractivity contribution in [2.75, 3.05) is 20.3 Å². The minimum atomic E-state index is -0.133. The van der Waals surface area contributed by atoms with Crippen LogP contribution in [0.1, 0.15) is 25.8 Å². The van der Waals surface area contributed by atoms with Gasteiger partial charge < -0.3 is 20.5 Å². The molecule has 0 fully saturated rings. The molecule has 5 heteroatoms. The first-order chi connectivity index (χ1) is 9.56. The Morgan fingerprint density at radius 3 is 2.70 bits per heavy atom. The van der Waals surface area contributed by atoms with Crippen LogP contribution >= 0.6 is 0 Å². The fourth-order valence-corrected chi connectivity index (χ4v) is 1.66. The molecule has 0 unspecified atom stereocenters. The van der Waals surface area contributed by atoms with Gasteiger partial charge in [-0.05, 0) is 30.0 Å². The molecule has 5 nitrogen and oxygen atoms in total. The topological polar surface area (TPSA) is 73.6 Å². The van der Waals surface area contributed by atoms with Crippen LogP contribution < -0.4 is 20.5 Å². The van der Waals surface area contributed by atoms with Crippen molar-refractivity contribution in [3.63, 3.8) is 0 Å². The van der Waals surface area contributed by atoms with E-state index < -0.39 is 0 Å². The molecule has 0 radical (unpaired) electrons. The molecule has 112 valence electrons. The Labute approximate surface area is 120 Å². The van der Waals surface area contributed by atoms with E-state index in [0.29, 0.717) is 30.5 Å². The molecule has 3 N–H and O–H groups in total. The van der Waals surface area contributed by atoms with Crippen LogP contribution in [-0.2, 0) is 11.3 Å². The number of nitrogens with one attached hydrogen (secondary N) is 1. The molecule has 1 aromatic carbocycles. The first-order valence-corrected chi connectivity index (χ1v) is 6.83. The number of methoxy groups -OCH3 is 1. The molecule has 0 aliphatic heterocycles. The Bertz CT molecular complexity index is 433. The van der Waals surface area contributed by atoms with Crippen molar-refractivity contribution in [2.24, 2.45) is 11.7 Å². The van der Waals surface area contributed by atoms with E-state index in [1.165, 1.54) is 0 Å². The van der Waals surface area contributed by atoms with Gasteiger partial charge in [-0.15, -0.1) is 0 Å². The highest BCUT2D eigenvalue weighted by molar-refractivity contribution is 5.77. The quantitative estimate of drug-likeness (QED) is 0.760. The van der Waals surface area contributed by atoms with Gasteiger partial charge in [0.15, 0.2) is 18.1 Å². The van der Waals surface area contributed by atoms with E-state index in [4.69, 9.17) is 15.2 Å². The van der Waals surface area contributed by atoms with E-state index in [-0.39, 0.29) is 12.5 Å². The van der Waals surface area contributed by atoms with Gasteiger partial charge in [-0.1, -0.05) is 19.9 Å². The minimum absolute atomic E-state index is 0.0253. The van der Waals surface area contributed by atoms with Crippen molar-refractivity contribution in [2.45, 2.75) is 26.8 Å². The van der Waals surface area contributed by atoms with E-state index in [0.717, 1.165) is 12.0 Å². The molecular weight excluding hydrogens is 256 g/mol. The van der Waals surface area contributed by atoms with Crippen LogP contribution in [0.2, 0.25) is 0 Å². The summed E-state index contributed by atoms with van der Waals surface area (Å²) in [6.07, 6.45) is 0.956. The van der Waals surface area contributed by atoms with Gasteiger partial charge in [0.2, 0.25) is 0 Å². The molecule has 1 rings (SSSR count). The summed E-state index contributed by atoms with van der Waals surface area (Å²) in [5.41, 5.74) is 6.52. The van der Waals surface area contributed by atoms with Gasteiger partial charge in [0.1, 0.15) is 0 Å². The van der Waals surface area contributed by atoms with Gasteiger partial charge in [0, 0.05) is 13.1 Å². The summed E-state index contributed by atoms with van der Waals surface area (Å²) in [4.78, 5) is 11.7. The highest BCUT2D eigenvalue weighted by atomic mass is 16.5. The number of rotatable bonds is 8. The molecular formula is C15H24N2O3. The zero-order chi connectivity index (χ0) is 15.0. The first-order valence-electron chi connectivity index (χ1n) is 6.83. The van der Waals surface area contributed by atoms with Crippen LogP contribution in [0.5, 0.6) is 11.5 Å². The zero-order valence-corrected chi connectivity index (χ0v) is 12.4. The van der Waals surface area contributed by atoms with Gasteiger partial charge >= 0.3 is 0 Å². The number of carbonyl (C=O) groups is 1. The van der Waals surface area contributed by atoms with Crippen molar-refractivity contribution >= 4 is 5.91 Å². The fourth-order valence-electron chi connectivity index (χ4n) is 1.66. The molecule has 20 heavy (non-hydrogen) atoms. The maximum Gasteiger partial charge on any atom is 0.257 e. The maximum absolute atomic E-state index is 11.7. The predicted molar refractivity (Wildman–Crippen MR) is 78.8 cm³/mol. The van der Waals surface area contributed by atoms with Crippen molar-refractivity contribution < 1.29 is 14.3 Å². The average molecular weight is 280 g/mol. The lowest BCUT2D eigenvalue weighted by molar-refractivity contribution is -0.123. The monoisotopic (exact) mass is 280 g/mol. The molecule has 0 saturated heterocycles. The molecule has 0 bridgehead atoms. The normalized spacial score (nSPS) is 10.4. The third-order valence-corrected chi connectivity index (χ3v) is 2.87. The number of ether oxygens (including phenoxy) is 2. The third-order valence-electron chi connectivity index (χ3n) is 2.87. The second kappa shape index (κ2) is 8.43. The summed E-state index contributed by atoms with van der Waals surface area (Å²) in [7, 11) is 1.56. The Kier molecular flexibility index (Phi) is 6.87. The van der Waals surface area contributed by atoms with Crippen LogP contribution in [0.15, 0.2) is 18.2 Å². The average Bonchev–Trinajstić information content (AvgIpc) is 2.44. The van der Waals surface area contributed by atoms with Crippen molar-refractivity contribution in [3.05, 3.63) is 23.8 Å². The van der Waals surface area contributed by atoms with E-state index in [9.17, 15) is 4.79 Å². The lowest BCUT2D eigenvalue weighted by atomic mass is 10.1. The highest BCUT2D eigenvalue weighted by Gasteiger charge is 2.08. The first kappa shape index (κ1) is 16.3. The Balaban J connectivity index is 2.49. The van der Waals surface area contributed by atoms with Crippen molar-refractivity contribution in [1.82, 2.24) is 5.32 Å². The largest absolute Gasteiger partial charge is 0.493 e. The maximum atomic E-state index is 11.7. The molecule has 0 aromatic heterocycles. The van der Waals surface area contributed by atoms with E-state index in [1.807, 2.05) is 6.07 Å². The second-order valence-corrected chi connectivity index (χ2v) is 5.01. The Morgan fingerprint density at radius 1 is 1.35 bits per heavy atom. The molecule has 0 aliphatic rings. The molecule has 1 aromatic rings. The Hall–Kier alpha value is -1.75. The second-order valence-electron chi connectivity index (χ2n) is 5.01. The number of benzene rings is 1. The summed E-state index contributed by atoms with van der Waals surface area (Å²) in [6, 6.07) is 5.45. The number of amides is 1. The standard InChI is InChI=1S/C15H24N2O3/c1-11(2)6-7-17-15(18)10-20-14-8-12(9-16)4-5-13(14)19-3/h4-5,8,11H,6-7,9-10,16H2,1-3H3,(H,17,18). The van der Waals surface area contributed by atoms with Crippen LogP contribution in [0.3, 0.4) is 0 Å². The van der Waals surface area contributed by atoms with Crippen LogP contribution in [0.4, 0.5) is 0 Å². The van der Waals surface area contributed by atoms with Crippen molar-refractivity contribution in [1.29, 1.82) is 0 Å². The van der Waals surface area contributed by atoms with E-state index in [1.54, 1.807) is 19.2 Å². The predicted octanol–water partition coefficient (Wildman–Crippen LogP) is 1.69. The van der Waals surface area contributed by atoms with E-state index in [2.05, 4.69) is 19.2 Å². The van der Waals surface area contributed by atoms with Crippen molar-refractivity contribution in [3.8, 4) is 11.5 Å². The zero-order valence-electron chi connectivity index (χ0n) is 12.4. The molecule has 1 amide bonds. The lowest BCUT2D eigenvalue weighted by Gasteiger charge is -2.12. The van der Waals surface area contributed by atoms with Gasteiger partial charge in [0.05, 0.1) is 7.11 Å². The summed E-state index contributed by atoms with van der Waals surface area (Å²) in [6.45, 7) is 5.29. The minimum Gasteiger partial charge on any atom is -0.493 e. The summed E-state index contributed by atoms with van der Waals surface area (Å²) < 4.78 is 10.7. The third kappa shape index (κ3) is 5.48. The summed E-state index contributed by atoms with van der Waals surface area (Å²) >= 11 is 0. The number of carbonyl (C=O) groups excluding carboxylic acids is 1. The van der Waals surface area contributed by atoms with Crippen LogP contribution in [-0.4, -0.2) is 26.2 Å². The summed E-state index contributed by atoms with van der Waals surface area (Å²) in [5, 5.41) is 2.82. The van der Waals surface area contributed by atoms with Gasteiger partial charge in [-0.2, -0.15) is 0 Å². The molecule has 0 atom stereocenters. The molecule has 0 saturated carbocycles. The lowest BCUT2D eigenvalue weighted by Crippen LogP contribution is -2.30. The van der Waals surface area contributed by atoms with E-state index >= 15 is 0 Å². The van der Waals surface area contributed by atoms with Crippen LogP contribution in [0, 0.1) is 5.92 Å².